The smallest absolute Gasteiger partial charge is 0.236 e. The summed E-state index contributed by atoms with van der Waals surface area (Å²) in [4.78, 5) is 11.6. The zero-order chi connectivity index (χ0) is 13.7. The third-order valence-electron chi connectivity index (χ3n) is 3.27. The zero-order valence-corrected chi connectivity index (χ0v) is 11.8. The van der Waals surface area contributed by atoms with Crippen molar-refractivity contribution in [3.63, 3.8) is 0 Å². The van der Waals surface area contributed by atoms with Crippen LogP contribution in [0.25, 0.3) is 0 Å². The molecule has 0 spiro atoms. The molecule has 18 heavy (non-hydrogen) atoms. The van der Waals surface area contributed by atoms with E-state index in [-0.39, 0.29) is 11.9 Å². The van der Waals surface area contributed by atoms with Crippen LogP contribution in [0.2, 0.25) is 0 Å². The van der Waals surface area contributed by atoms with Gasteiger partial charge in [-0.15, -0.1) is 0 Å². The van der Waals surface area contributed by atoms with E-state index in [4.69, 9.17) is 5.73 Å². The first-order chi connectivity index (χ1) is 8.47. The number of aryl methyl sites for hydroxylation is 2. The molecule has 0 saturated heterocycles. The average Bonchev–Trinajstić information content (AvgIpc) is 2.55. The molecular weight excluding hydrogens is 228 g/mol. The van der Waals surface area contributed by atoms with E-state index >= 15 is 0 Å². The van der Waals surface area contributed by atoms with Crippen LogP contribution in [-0.2, 0) is 18.3 Å². The van der Waals surface area contributed by atoms with Gasteiger partial charge in [-0.3, -0.25) is 9.48 Å². The average molecular weight is 252 g/mol. The fraction of sp³-hybridized carbons (Fsp3) is 0.692. The lowest BCUT2D eigenvalue weighted by molar-refractivity contribution is -0.122. The summed E-state index contributed by atoms with van der Waals surface area (Å²) < 4.78 is 1.87. The maximum Gasteiger partial charge on any atom is 0.236 e. The maximum atomic E-state index is 11.6. The number of carbonyl (C=O) groups excluding carboxylic acids is 1. The van der Waals surface area contributed by atoms with Gasteiger partial charge < -0.3 is 11.1 Å². The van der Waals surface area contributed by atoms with Crippen LogP contribution in [0.3, 0.4) is 0 Å². The normalized spacial score (nSPS) is 12.5. The first-order valence-electron chi connectivity index (χ1n) is 6.49. The van der Waals surface area contributed by atoms with E-state index in [1.807, 2.05) is 32.5 Å². The number of nitrogens with zero attached hydrogens (tertiary/aromatic N) is 2. The molecule has 3 N–H and O–H groups in total. The van der Waals surface area contributed by atoms with Crippen molar-refractivity contribution in [2.24, 2.45) is 12.8 Å². The molecule has 5 nitrogen and oxygen atoms in total. The summed E-state index contributed by atoms with van der Waals surface area (Å²) in [6, 6.07) is -0.383. The van der Waals surface area contributed by atoms with Crippen molar-refractivity contribution in [2.45, 2.75) is 46.1 Å². The predicted molar refractivity (Wildman–Crippen MR) is 72.3 cm³/mol. The third kappa shape index (κ3) is 3.57. The molecule has 0 aliphatic rings. The van der Waals surface area contributed by atoms with Crippen molar-refractivity contribution in [1.29, 1.82) is 0 Å². The standard InChI is InChI=1S/C13H24N4O/c1-5-6-12(14)13(18)15-8-7-11-9(2)16-17(4)10(11)3/h12H,5-8,14H2,1-4H3,(H,15,18). The largest absolute Gasteiger partial charge is 0.354 e. The Bertz CT molecular complexity index is 411. The van der Waals surface area contributed by atoms with Gasteiger partial charge in [-0.05, 0) is 32.3 Å². The highest BCUT2D eigenvalue weighted by Gasteiger charge is 2.13. The first kappa shape index (κ1) is 14.7. The van der Waals surface area contributed by atoms with Gasteiger partial charge in [0.25, 0.3) is 0 Å². The lowest BCUT2D eigenvalue weighted by Gasteiger charge is -2.11. The minimum atomic E-state index is -0.383. The Balaban J connectivity index is 2.44. The summed E-state index contributed by atoms with van der Waals surface area (Å²) in [6.45, 7) is 6.67. The summed E-state index contributed by atoms with van der Waals surface area (Å²) in [5.74, 6) is -0.0592. The first-order valence-corrected chi connectivity index (χ1v) is 6.49. The molecule has 102 valence electrons. The Hall–Kier alpha value is -1.36. The second kappa shape index (κ2) is 6.54. The van der Waals surface area contributed by atoms with Gasteiger partial charge >= 0.3 is 0 Å². The van der Waals surface area contributed by atoms with Crippen LogP contribution in [0.15, 0.2) is 0 Å². The van der Waals surface area contributed by atoms with Crippen LogP contribution in [0.1, 0.15) is 36.7 Å². The minimum Gasteiger partial charge on any atom is -0.354 e. The lowest BCUT2D eigenvalue weighted by atomic mass is 10.1. The van der Waals surface area contributed by atoms with Gasteiger partial charge in [0.15, 0.2) is 0 Å². The molecule has 1 rings (SSSR count). The predicted octanol–water partition coefficient (Wildman–Crippen LogP) is 0.823. The number of amides is 1. The van der Waals surface area contributed by atoms with Gasteiger partial charge in [0.05, 0.1) is 11.7 Å². The van der Waals surface area contributed by atoms with E-state index in [9.17, 15) is 4.79 Å². The van der Waals surface area contributed by atoms with Crippen molar-refractivity contribution in [1.82, 2.24) is 15.1 Å². The fourth-order valence-electron chi connectivity index (χ4n) is 2.06. The van der Waals surface area contributed by atoms with Crippen LogP contribution in [0.4, 0.5) is 0 Å². The number of aromatic nitrogens is 2. The van der Waals surface area contributed by atoms with Gasteiger partial charge in [-0.2, -0.15) is 5.10 Å². The maximum absolute atomic E-state index is 11.6. The summed E-state index contributed by atoms with van der Waals surface area (Å²) in [5, 5.41) is 7.23. The number of hydrogen-bond acceptors (Lipinski definition) is 3. The van der Waals surface area contributed by atoms with E-state index < -0.39 is 0 Å². The van der Waals surface area contributed by atoms with E-state index in [2.05, 4.69) is 10.4 Å². The fourth-order valence-corrected chi connectivity index (χ4v) is 2.06. The summed E-state index contributed by atoms with van der Waals surface area (Å²) in [6.07, 6.45) is 2.46. The Morgan fingerprint density at radius 2 is 2.17 bits per heavy atom. The molecule has 0 aliphatic heterocycles. The van der Waals surface area contributed by atoms with Crippen molar-refractivity contribution in [3.8, 4) is 0 Å². The molecule has 5 heteroatoms. The molecule has 1 atom stereocenters. The van der Waals surface area contributed by atoms with E-state index in [1.54, 1.807) is 0 Å². The molecule has 0 bridgehead atoms. The van der Waals surface area contributed by atoms with Gasteiger partial charge in [-0.25, -0.2) is 0 Å². The summed E-state index contributed by atoms with van der Waals surface area (Å²) in [5.41, 5.74) is 9.13. The summed E-state index contributed by atoms with van der Waals surface area (Å²) >= 11 is 0. The highest BCUT2D eigenvalue weighted by atomic mass is 16.2. The molecule has 1 heterocycles. The van der Waals surface area contributed by atoms with E-state index in [1.165, 1.54) is 5.56 Å². The van der Waals surface area contributed by atoms with Gasteiger partial charge in [0, 0.05) is 19.3 Å². The molecule has 1 amide bonds. The van der Waals surface area contributed by atoms with Crippen molar-refractivity contribution >= 4 is 5.91 Å². The number of nitrogens with one attached hydrogen (secondary N) is 1. The number of nitrogens with two attached hydrogens (primary N) is 1. The molecule has 0 radical (unpaired) electrons. The monoisotopic (exact) mass is 252 g/mol. The van der Waals surface area contributed by atoms with Crippen molar-refractivity contribution < 1.29 is 4.79 Å². The summed E-state index contributed by atoms with van der Waals surface area (Å²) in [7, 11) is 1.93. The SMILES string of the molecule is CCCC(N)C(=O)NCCc1c(C)nn(C)c1C. The second-order valence-electron chi connectivity index (χ2n) is 4.71. The van der Waals surface area contributed by atoms with Crippen molar-refractivity contribution in [2.75, 3.05) is 6.54 Å². The Morgan fingerprint density at radius 1 is 1.50 bits per heavy atom. The quantitative estimate of drug-likeness (QED) is 0.787. The molecule has 1 aromatic heterocycles. The number of rotatable bonds is 6. The molecular formula is C13H24N4O. The highest BCUT2D eigenvalue weighted by Crippen LogP contribution is 2.11. The topological polar surface area (TPSA) is 72.9 Å². The molecule has 1 unspecified atom stereocenters. The van der Waals surface area contributed by atoms with Crippen LogP contribution in [-0.4, -0.2) is 28.3 Å². The Labute approximate surface area is 109 Å². The Morgan fingerprint density at radius 3 is 2.67 bits per heavy atom. The molecule has 0 aromatic carbocycles. The molecule has 1 aromatic rings. The van der Waals surface area contributed by atoms with Crippen LogP contribution >= 0.6 is 0 Å². The van der Waals surface area contributed by atoms with Gasteiger partial charge in [-0.1, -0.05) is 13.3 Å². The number of hydrogen-bond donors (Lipinski definition) is 2. The Kier molecular flexibility index (Phi) is 5.34. The molecule has 0 saturated carbocycles. The zero-order valence-electron chi connectivity index (χ0n) is 11.8. The van der Waals surface area contributed by atoms with Crippen LogP contribution in [0, 0.1) is 13.8 Å². The van der Waals surface area contributed by atoms with E-state index in [0.717, 1.165) is 30.7 Å². The minimum absolute atomic E-state index is 0.0592. The third-order valence-corrected chi connectivity index (χ3v) is 3.27. The second-order valence-corrected chi connectivity index (χ2v) is 4.71. The van der Waals surface area contributed by atoms with Gasteiger partial charge in [0.1, 0.15) is 0 Å². The van der Waals surface area contributed by atoms with Crippen LogP contribution < -0.4 is 11.1 Å². The van der Waals surface area contributed by atoms with Crippen molar-refractivity contribution in [3.05, 3.63) is 17.0 Å². The number of carbonyl (C=O) groups is 1. The molecule has 0 fully saturated rings. The highest BCUT2D eigenvalue weighted by molar-refractivity contribution is 5.81. The van der Waals surface area contributed by atoms with E-state index in [0.29, 0.717) is 6.54 Å². The van der Waals surface area contributed by atoms with Gasteiger partial charge in [0.2, 0.25) is 5.91 Å². The van der Waals surface area contributed by atoms with Crippen LogP contribution in [0.5, 0.6) is 0 Å². The molecule has 0 aliphatic carbocycles. The lowest BCUT2D eigenvalue weighted by Crippen LogP contribution is -2.41.